The average Bonchev–Trinajstić information content (AvgIpc) is 2.96. The molecule has 3 rings (SSSR count). The quantitative estimate of drug-likeness (QED) is 0.727. The van der Waals surface area contributed by atoms with Crippen molar-refractivity contribution in [3.63, 3.8) is 0 Å². The van der Waals surface area contributed by atoms with E-state index in [0.29, 0.717) is 12.2 Å². The second-order valence-electron chi connectivity index (χ2n) is 5.98. The summed E-state index contributed by atoms with van der Waals surface area (Å²) in [5, 5.41) is 0.926. The van der Waals surface area contributed by atoms with Crippen LogP contribution in [0.15, 0.2) is 28.7 Å². The number of furan rings is 1. The van der Waals surface area contributed by atoms with E-state index in [4.69, 9.17) is 9.15 Å². The van der Waals surface area contributed by atoms with Gasteiger partial charge in [-0.1, -0.05) is 32.1 Å². The van der Waals surface area contributed by atoms with Crippen molar-refractivity contribution in [2.24, 2.45) is 5.92 Å². The van der Waals surface area contributed by atoms with Crippen molar-refractivity contribution in [2.75, 3.05) is 7.11 Å². The summed E-state index contributed by atoms with van der Waals surface area (Å²) in [5.74, 6) is 2.11. The minimum Gasteiger partial charge on any atom is -0.497 e. The van der Waals surface area contributed by atoms with E-state index in [0.717, 1.165) is 29.1 Å². The van der Waals surface area contributed by atoms with E-state index in [1.54, 1.807) is 7.11 Å². The Morgan fingerprint density at radius 3 is 2.81 bits per heavy atom. The summed E-state index contributed by atoms with van der Waals surface area (Å²) >= 11 is 0. The number of fused-ring (bicyclic) bond motifs is 1. The summed E-state index contributed by atoms with van der Waals surface area (Å²) < 4.78 is 10.9. The second kappa shape index (κ2) is 6.33. The zero-order valence-electron chi connectivity index (χ0n) is 12.6. The van der Waals surface area contributed by atoms with Crippen molar-refractivity contribution >= 4 is 16.8 Å². The Morgan fingerprint density at radius 2 is 2.05 bits per heavy atom. The van der Waals surface area contributed by atoms with Gasteiger partial charge in [0.15, 0.2) is 11.5 Å². The van der Waals surface area contributed by atoms with E-state index in [1.807, 2.05) is 24.3 Å². The number of hydrogen-bond donors (Lipinski definition) is 0. The molecule has 0 spiro atoms. The number of hydrogen-bond acceptors (Lipinski definition) is 3. The Labute approximate surface area is 125 Å². The van der Waals surface area contributed by atoms with E-state index in [-0.39, 0.29) is 5.78 Å². The standard InChI is InChI=1S/C18H22O3/c1-20-15-8-10-17-14(11-15)12-18(21-17)16(19)9-7-13-5-3-2-4-6-13/h8,10-13H,2-7,9H2,1H3. The summed E-state index contributed by atoms with van der Waals surface area (Å²) in [6.07, 6.45) is 8.17. The number of Topliss-reactive ketones (excluding diaryl/α,β-unsaturated/α-hetero) is 1. The van der Waals surface area contributed by atoms with Gasteiger partial charge in [0.1, 0.15) is 11.3 Å². The molecular weight excluding hydrogens is 264 g/mol. The van der Waals surface area contributed by atoms with Crippen LogP contribution in [0.2, 0.25) is 0 Å². The topological polar surface area (TPSA) is 39.4 Å². The summed E-state index contributed by atoms with van der Waals surface area (Å²) in [6.45, 7) is 0. The summed E-state index contributed by atoms with van der Waals surface area (Å²) in [5.41, 5.74) is 0.747. The Kier molecular flexibility index (Phi) is 4.28. The van der Waals surface area contributed by atoms with Gasteiger partial charge >= 0.3 is 0 Å². The molecule has 21 heavy (non-hydrogen) atoms. The zero-order valence-corrected chi connectivity index (χ0v) is 12.6. The van der Waals surface area contributed by atoms with Crippen LogP contribution in [0.25, 0.3) is 11.0 Å². The third-order valence-corrected chi connectivity index (χ3v) is 4.50. The molecule has 1 fully saturated rings. The maximum atomic E-state index is 12.3. The van der Waals surface area contributed by atoms with Gasteiger partial charge in [-0.3, -0.25) is 4.79 Å². The smallest absolute Gasteiger partial charge is 0.198 e. The number of benzene rings is 1. The Hall–Kier alpha value is -1.77. The van der Waals surface area contributed by atoms with Gasteiger partial charge in [-0.15, -0.1) is 0 Å². The normalized spacial score (nSPS) is 16.2. The molecule has 0 saturated heterocycles. The van der Waals surface area contributed by atoms with Crippen LogP contribution >= 0.6 is 0 Å². The molecule has 0 aliphatic heterocycles. The highest BCUT2D eigenvalue weighted by atomic mass is 16.5. The van der Waals surface area contributed by atoms with Crippen LogP contribution in [0, 0.1) is 5.92 Å². The fraction of sp³-hybridized carbons (Fsp3) is 0.500. The number of carbonyl (C=O) groups excluding carboxylic acids is 1. The monoisotopic (exact) mass is 286 g/mol. The van der Waals surface area contributed by atoms with Crippen LogP contribution in [-0.4, -0.2) is 12.9 Å². The van der Waals surface area contributed by atoms with Gasteiger partial charge < -0.3 is 9.15 Å². The highest BCUT2D eigenvalue weighted by Gasteiger charge is 2.17. The fourth-order valence-electron chi connectivity index (χ4n) is 3.22. The molecule has 1 saturated carbocycles. The van der Waals surface area contributed by atoms with Crippen LogP contribution in [0.1, 0.15) is 55.5 Å². The third kappa shape index (κ3) is 3.29. The van der Waals surface area contributed by atoms with Crippen LogP contribution in [-0.2, 0) is 0 Å². The number of ether oxygens (including phenoxy) is 1. The lowest BCUT2D eigenvalue weighted by Crippen LogP contribution is -2.08. The molecule has 0 atom stereocenters. The van der Waals surface area contributed by atoms with Gasteiger partial charge in [0.2, 0.25) is 0 Å². The minimum atomic E-state index is 0.121. The van der Waals surface area contributed by atoms with E-state index < -0.39 is 0 Å². The molecule has 3 nitrogen and oxygen atoms in total. The molecule has 2 aromatic rings. The minimum absolute atomic E-state index is 0.121. The number of ketones is 1. The highest BCUT2D eigenvalue weighted by Crippen LogP contribution is 2.29. The summed E-state index contributed by atoms with van der Waals surface area (Å²) in [7, 11) is 1.64. The van der Waals surface area contributed by atoms with Crippen molar-refractivity contribution in [3.05, 3.63) is 30.0 Å². The lowest BCUT2D eigenvalue weighted by molar-refractivity contribution is 0.0945. The second-order valence-corrected chi connectivity index (χ2v) is 5.98. The first-order chi connectivity index (χ1) is 10.3. The zero-order chi connectivity index (χ0) is 14.7. The van der Waals surface area contributed by atoms with E-state index in [1.165, 1.54) is 32.1 Å². The van der Waals surface area contributed by atoms with E-state index in [9.17, 15) is 4.79 Å². The maximum Gasteiger partial charge on any atom is 0.198 e. The summed E-state index contributed by atoms with van der Waals surface area (Å²) in [4.78, 5) is 12.3. The molecule has 0 N–H and O–H groups in total. The van der Waals surface area contributed by atoms with E-state index in [2.05, 4.69) is 0 Å². The van der Waals surface area contributed by atoms with Gasteiger partial charge in [-0.25, -0.2) is 0 Å². The lowest BCUT2D eigenvalue weighted by Gasteiger charge is -2.20. The summed E-state index contributed by atoms with van der Waals surface area (Å²) in [6, 6.07) is 7.44. The van der Waals surface area contributed by atoms with Gasteiger partial charge in [0, 0.05) is 11.8 Å². The fourth-order valence-corrected chi connectivity index (χ4v) is 3.22. The number of rotatable bonds is 5. The molecule has 1 aromatic carbocycles. The molecule has 0 radical (unpaired) electrons. The number of methoxy groups -OCH3 is 1. The van der Waals surface area contributed by atoms with Crippen LogP contribution in [0.5, 0.6) is 5.75 Å². The largest absolute Gasteiger partial charge is 0.497 e. The first-order valence-corrected chi connectivity index (χ1v) is 7.87. The van der Waals surface area contributed by atoms with Crippen molar-refractivity contribution in [1.29, 1.82) is 0 Å². The predicted octanol–water partition coefficient (Wildman–Crippen LogP) is 4.98. The van der Waals surface area contributed by atoms with Gasteiger partial charge in [-0.2, -0.15) is 0 Å². The molecule has 1 heterocycles. The SMILES string of the molecule is COc1ccc2oc(C(=O)CCC3CCCCC3)cc2c1. The average molecular weight is 286 g/mol. The Bertz CT molecular complexity index is 620. The van der Waals surface area contributed by atoms with Gasteiger partial charge in [0.05, 0.1) is 7.11 Å². The van der Waals surface area contributed by atoms with Crippen LogP contribution < -0.4 is 4.74 Å². The molecule has 1 aliphatic carbocycles. The predicted molar refractivity (Wildman–Crippen MR) is 82.9 cm³/mol. The molecule has 1 aliphatic rings. The van der Waals surface area contributed by atoms with Gasteiger partial charge in [-0.05, 0) is 36.6 Å². The van der Waals surface area contributed by atoms with Crippen LogP contribution in [0.3, 0.4) is 0 Å². The number of carbonyl (C=O) groups is 1. The van der Waals surface area contributed by atoms with Crippen molar-refractivity contribution in [3.8, 4) is 5.75 Å². The molecular formula is C18H22O3. The Morgan fingerprint density at radius 1 is 1.24 bits per heavy atom. The first-order valence-electron chi connectivity index (χ1n) is 7.87. The molecule has 0 amide bonds. The van der Waals surface area contributed by atoms with Crippen molar-refractivity contribution < 1.29 is 13.9 Å². The molecule has 112 valence electrons. The molecule has 0 bridgehead atoms. The molecule has 1 aromatic heterocycles. The highest BCUT2D eigenvalue weighted by molar-refractivity contribution is 5.97. The van der Waals surface area contributed by atoms with E-state index >= 15 is 0 Å². The van der Waals surface area contributed by atoms with Crippen molar-refractivity contribution in [1.82, 2.24) is 0 Å². The van der Waals surface area contributed by atoms with Crippen LogP contribution in [0.4, 0.5) is 0 Å². The molecule has 3 heteroatoms. The Balaban J connectivity index is 1.66. The first kappa shape index (κ1) is 14.2. The molecule has 0 unspecified atom stereocenters. The maximum absolute atomic E-state index is 12.3. The lowest BCUT2D eigenvalue weighted by atomic mass is 9.85. The third-order valence-electron chi connectivity index (χ3n) is 4.50. The van der Waals surface area contributed by atoms with Gasteiger partial charge in [0.25, 0.3) is 0 Å². The van der Waals surface area contributed by atoms with Crippen molar-refractivity contribution in [2.45, 2.75) is 44.9 Å².